The molecule has 0 radical (unpaired) electrons. The summed E-state index contributed by atoms with van der Waals surface area (Å²) < 4.78 is 56.1. The summed E-state index contributed by atoms with van der Waals surface area (Å²) in [5.74, 6) is 1.85. The van der Waals surface area contributed by atoms with E-state index in [0.717, 1.165) is 36.2 Å². The molecule has 4 rings (SSSR count). The van der Waals surface area contributed by atoms with Crippen molar-refractivity contribution in [3.63, 3.8) is 0 Å². The Kier molecular flexibility index (Phi) is 7.62. The van der Waals surface area contributed by atoms with Crippen LogP contribution in [0, 0.1) is 35.1 Å². The molecule has 0 fully saturated rings. The number of aromatic nitrogens is 1. The van der Waals surface area contributed by atoms with E-state index in [1.165, 1.54) is 12.1 Å². The van der Waals surface area contributed by atoms with Gasteiger partial charge in [-0.3, -0.25) is 4.98 Å². The summed E-state index contributed by atoms with van der Waals surface area (Å²) >= 11 is 0. The summed E-state index contributed by atoms with van der Waals surface area (Å²) in [6.45, 7) is 1.99. The predicted molar refractivity (Wildman–Crippen MR) is 131 cm³/mol. The monoisotopic (exact) mass is 473 g/mol. The van der Waals surface area contributed by atoms with Crippen LogP contribution in [0.4, 0.5) is 17.6 Å². The molecule has 0 saturated carbocycles. The molecule has 0 bridgehead atoms. The van der Waals surface area contributed by atoms with Gasteiger partial charge in [0, 0.05) is 17.5 Å². The lowest BCUT2D eigenvalue weighted by atomic mass is 10.0. The van der Waals surface area contributed by atoms with Gasteiger partial charge in [0.25, 0.3) is 0 Å². The van der Waals surface area contributed by atoms with E-state index in [4.69, 9.17) is 0 Å². The number of benzene rings is 3. The van der Waals surface area contributed by atoms with Gasteiger partial charge < -0.3 is 0 Å². The van der Waals surface area contributed by atoms with Crippen LogP contribution in [-0.4, -0.2) is 4.98 Å². The molecule has 1 aromatic heterocycles. The van der Waals surface area contributed by atoms with Crippen molar-refractivity contribution in [2.24, 2.45) is 0 Å². The van der Waals surface area contributed by atoms with E-state index in [0.29, 0.717) is 34.7 Å². The Morgan fingerprint density at radius 1 is 0.714 bits per heavy atom. The van der Waals surface area contributed by atoms with Crippen LogP contribution in [0.5, 0.6) is 0 Å². The number of hydrogen-bond acceptors (Lipinski definition) is 1. The number of hydrogen-bond donors (Lipinski definition) is 0. The molecule has 0 aliphatic carbocycles. The van der Waals surface area contributed by atoms with Crippen molar-refractivity contribution in [1.29, 1.82) is 0 Å². The molecule has 35 heavy (non-hydrogen) atoms. The molecule has 0 N–H and O–H groups in total. The molecule has 0 amide bonds. The van der Waals surface area contributed by atoms with Crippen LogP contribution >= 0.6 is 0 Å². The number of aryl methyl sites for hydroxylation is 3. The zero-order valence-corrected chi connectivity index (χ0v) is 19.2. The first-order valence-electron chi connectivity index (χ1n) is 11.4. The van der Waals surface area contributed by atoms with Crippen molar-refractivity contribution in [1.82, 2.24) is 4.98 Å². The van der Waals surface area contributed by atoms with E-state index in [-0.39, 0.29) is 5.56 Å². The highest BCUT2D eigenvalue weighted by Gasteiger charge is 2.10. The van der Waals surface area contributed by atoms with Crippen LogP contribution < -0.4 is 0 Å². The zero-order valence-electron chi connectivity index (χ0n) is 19.2. The zero-order chi connectivity index (χ0) is 24.8. The third kappa shape index (κ3) is 6.16. The molecule has 0 aliphatic heterocycles. The first-order valence-corrected chi connectivity index (χ1v) is 11.4. The SMILES string of the molecule is C/C=C/CCc1ccc(CCc2cc(F)c(C#Cc3ccc4cc(F)c(F)cc4c3)c(F)c2)nc1. The Morgan fingerprint density at radius 3 is 2.14 bits per heavy atom. The largest absolute Gasteiger partial charge is 0.261 e. The summed E-state index contributed by atoms with van der Waals surface area (Å²) in [6.07, 6.45) is 8.86. The maximum Gasteiger partial charge on any atom is 0.159 e. The summed E-state index contributed by atoms with van der Waals surface area (Å²) in [4.78, 5) is 4.45. The highest BCUT2D eigenvalue weighted by Crippen LogP contribution is 2.21. The average molecular weight is 474 g/mol. The average Bonchev–Trinajstić information content (AvgIpc) is 2.84. The van der Waals surface area contributed by atoms with E-state index >= 15 is 0 Å². The van der Waals surface area contributed by atoms with Crippen LogP contribution in [0.3, 0.4) is 0 Å². The molecule has 1 heterocycles. The molecule has 0 aliphatic rings. The van der Waals surface area contributed by atoms with E-state index < -0.39 is 23.3 Å². The van der Waals surface area contributed by atoms with Crippen molar-refractivity contribution in [3.8, 4) is 11.8 Å². The van der Waals surface area contributed by atoms with Crippen LogP contribution in [-0.2, 0) is 19.3 Å². The fraction of sp³-hybridized carbons (Fsp3) is 0.167. The highest BCUT2D eigenvalue weighted by molar-refractivity contribution is 5.84. The standard InChI is InChI=1S/C30H23F4N/c1-2-3-4-5-21-7-11-25(35-19-21)12-8-22-15-27(31)26(28(32)16-22)13-9-20-6-10-23-17-29(33)30(34)18-24(23)14-20/h2-3,6-7,10-11,14-19H,4-5,8,12H2,1H3/b3-2+. The summed E-state index contributed by atoms with van der Waals surface area (Å²) in [5.41, 5.74) is 2.63. The normalized spacial score (nSPS) is 11.1. The molecular formula is C30H23F4N. The lowest BCUT2D eigenvalue weighted by molar-refractivity contribution is 0.511. The molecular weight excluding hydrogens is 450 g/mol. The van der Waals surface area contributed by atoms with Crippen LogP contribution in [0.15, 0.2) is 72.9 Å². The summed E-state index contributed by atoms with van der Waals surface area (Å²) in [5, 5.41) is 0.959. The highest BCUT2D eigenvalue weighted by atomic mass is 19.2. The molecule has 0 atom stereocenters. The number of rotatable bonds is 6. The number of nitrogens with zero attached hydrogens (tertiary/aromatic N) is 1. The summed E-state index contributed by atoms with van der Waals surface area (Å²) in [6, 6.07) is 13.4. The first kappa shape index (κ1) is 24.2. The van der Waals surface area contributed by atoms with Gasteiger partial charge >= 0.3 is 0 Å². The fourth-order valence-corrected chi connectivity index (χ4v) is 3.78. The number of allylic oxidation sites excluding steroid dienone is 2. The second-order valence-corrected chi connectivity index (χ2v) is 8.28. The third-order valence-corrected chi connectivity index (χ3v) is 5.70. The van der Waals surface area contributed by atoms with Crippen molar-refractivity contribution < 1.29 is 17.6 Å². The first-order chi connectivity index (χ1) is 16.9. The van der Waals surface area contributed by atoms with Crippen molar-refractivity contribution in [2.45, 2.75) is 32.6 Å². The molecule has 176 valence electrons. The second kappa shape index (κ2) is 11.0. The van der Waals surface area contributed by atoms with Gasteiger partial charge in [-0.15, -0.1) is 0 Å². The molecule has 0 unspecified atom stereocenters. The van der Waals surface area contributed by atoms with Gasteiger partial charge in [0.2, 0.25) is 0 Å². The lowest BCUT2D eigenvalue weighted by Crippen LogP contribution is -1.99. The molecule has 5 heteroatoms. The predicted octanol–water partition coefficient (Wildman–Crippen LogP) is 7.48. The van der Waals surface area contributed by atoms with Crippen LogP contribution in [0.1, 0.15) is 41.3 Å². The van der Waals surface area contributed by atoms with E-state index in [2.05, 4.69) is 22.9 Å². The number of pyridine rings is 1. The van der Waals surface area contributed by atoms with Gasteiger partial charge in [-0.2, -0.15) is 0 Å². The fourth-order valence-electron chi connectivity index (χ4n) is 3.78. The Hall–Kier alpha value is -3.91. The molecule has 0 saturated heterocycles. The van der Waals surface area contributed by atoms with Gasteiger partial charge in [-0.1, -0.05) is 36.1 Å². The quantitative estimate of drug-likeness (QED) is 0.161. The number of halogens is 4. The molecule has 4 aromatic rings. The van der Waals surface area contributed by atoms with Gasteiger partial charge in [-0.05, 0) is 97.0 Å². The minimum atomic E-state index is -0.967. The third-order valence-electron chi connectivity index (χ3n) is 5.70. The van der Waals surface area contributed by atoms with Crippen molar-refractivity contribution in [2.75, 3.05) is 0 Å². The Bertz CT molecular complexity index is 1420. The number of fused-ring (bicyclic) bond motifs is 1. The van der Waals surface area contributed by atoms with E-state index in [1.807, 2.05) is 31.3 Å². The Morgan fingerprint density at radius 2 is 1.46 bits per heavy atom. The maximum absolute atomic E-state index is 14.6. The Balaban J connectivity index is 1.45. The minimum Gasteiger partial charge on any atom is -0.261 e. The Labute approximate surface area is 202 Å². The maximum atomic E-state index is 14.6. The van der Waals surface area contributed by atoms with Gasteiger partial charge in [0.15, 0.2) is 11.6 Å². The molecule has 1 nitrogen and oxygen atoms in total. The van der Waals surface area contributed by atoms with E-state index in [9.17, 15) is 17.6 Å². The van der Waals surface area contributed by atoms with Gasteiger partial charge in [0.1, 0.15) is 11.6 Å². The molecule has 3 aromatic carbocycles. The molecule has 0 spiro atoms. The van der Waals surface area contributed by atoms with Crippen LogP contribution in [0.2, 0.25) is 0 Å². The topological polar surface area (TPSA) is 12.9 Å². The van der Waals surface area contributed by atoms with Crippen LogP contribution in [0.25, 0.3) is 10.8 Å². The van der Waals surface area contributed by atoms with Gasteiger partial charge in [0.05, 0.1) is 5.56 Å². The van der Waals surface area contributed by atoms with E-state index in [1.54, 1.807) is 18.2 Å². The van der Waals surface area contributed by atoms with Crippen molar-refractivity contribution in [3.05, 3.63) is 124 Å². The minimum absolute atomic E-state index is 0.331. The lowest BCUT2D eigenvalue weighted by Gasteiger charge is -2.06. The smallest absolute Gasteiger partial charge is 0.159 e. The summed E-state index contributed by atoms with van der Waals surface area (Å²) in [7, 11) is 0. The second-order valence-electron chi connectivity index (χ2n) is 8.28. The van der Waals surface area contributed by atoms with Gasteiger partial charge in [-0.25, -0.2) is 17.6 Å². The van der Waals surface area contributed by atoms with Crippen molar-refractivity contribution >= 4 is 10.8 Å².